The van der Waals surface area contributed by atoms with E-state index in [0.29, 0.717) is 0 Å². The fourth-order valence-corrected chi connectivity index (χ4v) is 6.63. The van der Waals surface area contributed by atoms with Crippen LogP contribution in [0.2, 0.25) is 0 Å². The number of aliphatic hydroxyl groups is 1. The highest BCUT2D eigenvalue weighted by molar-refractivity contribution is 14.1. The Kier molecular flexibility index (Phi) is 11.2. The maximum absolute atomic E-state index is 10.1. The summed E-state index contributed by atoms with van der Waals surface area (Å²) in [6.45, 7) is 0. The van der Waals surface area contributed by atoms with Crippen molar-refractivity contribution in [2.24, 2.45) is 0 Å². The van der Waals surface area contributed by atoms with Crippen LogP contribution >= 0.6 is 106 Å². The predicted octanol–water partition coefficient (Wildman–Crippen LogP) is 8.17. The van der Waals surface area contributed by atoms with Crippen LogP contribution in [0.15, 0.2) is 61.0 Å². The average Bonchev–Trinajstić information content (AvgIpc) is 3.44. The van der Waals surface area contributed by atoms with Crippen LogP contribution < -0.4 is 0 Å². The van der Waals surface area contributed by atoms with Crippen molar-refractivity contribution in [3.63, 3.8) is 0 Å². The Bertz CT molecular complexity index is 877. The SMILES string of the molecule is Brc1ccsc1.O=Cc1ccsc1.OC(c1ccsc1I)c1ccsc1I. The third-order valence-electron chi connectivity index (χ3n) is 3.05. The van der Waals surface area contributed by atoms with E-state index in [1.807, 2.05) is 50.5 Å². The Balaban J connectivity index is 0.000000167. The molecule has 0 amide bonds. The van der Waals surface area contributed by atoms with Gasteiger partial charge in [0.15, 0.2) is 6.29 Å². The molecule has 0 unspecified atom stereocenters. The van der Waals surface area contributed by atoms with E-state index < -0.39 is 6.10 Å². The Morgan fingerprint density at radius 1 is 0.889 bits per heavy atom. The van der Waals surface area contributed by atoms with Crippen molar-refractivity contribution in [2.45, 2.75) is 6.10 Å². The van der Waals surface area contributed by atoms with Gasteiger partial charge in [-0.1, -0.05) is 0 Å². The summed E-state index contributed by atoms with van der Waals surface area (Å²) in [4.78, 5) is 9.87. The van der Waals surface area contributed by atoms with Gasteiger partial charge in [-0.15, -0.1) is 22.7 Å². The molecule has 0 saturated carbocycles. The number of aldehydes is 1. The molecule has 27 heavy (non-hydrogen) atoms. The predicted molar refractivity (Wildman–Crippen MR) is 140 cm³/mol. The van der Waals surface area contributed by atoms with Crippen LogP contribution in [0, 0.1) is 5.77 Å². The molecular weight excluding hydrogens is 710 g/mol. The van der Waals surface area contributed by atoms with Crippen LogP contribution in [0.25, 0.3) is 0 Å². The molecule has 0 fully saturated rings. The Hall–Kier alpha value is 0.370. The number of carbonyl (C=O) groups is 1. The van der Waals surface area contributed by atoms with Crippen LogP contribution in [0.1, 0.15) is 27.6 Å². The van der Waals surface area contributed by atoms with Crippen molar-refractivity contribution in [3.05, 3.63) is 83.5 Å². The topological polar surface area (TPSA) is 37.3 Å². The van der Waals surface area contributed by atoms with E-state index in [4.69, 9.17) is 0 Å². The van der Waals surface area contributed by atoms with Gasteiger partial charge in [-0.05, 0) is 107 Å². The van der Waals surface area contributed by atoms with Gasteiger partial charge in [-0.2, -0.15) is 22.7 Å². The summed E-state index contributed by atoms with van der Waals surface area (Å²) in [5.74, 6) is 0. The zero-order valence-corrected chi connectivity index (χ0v) is 22.7. The number of thiophene rings is 4. The van der Waals surface area contributed by atoms with Gasteiger partial charge in [0.25, 0.3) is 0 Å². The Morgan fingerprint density at radius 2 is 1.44 bits per heavy atom. The number of rotatable bonds is 3. The molecule has 0 aliphatic carbocycles. The molecule has 4 heterocycles. The lowest BCUT2D eigenvalue weighted by Gasteiger charge is -2.08. The molecule has 0 aliphatic rings. The maximum atomic E-state index is 10.1. The summed E-state index contributed by atoms with van der Waals surface area (Å²) < 4.78 is 3.50. The molecule has 0 radical (unpaired) electrons. The first-order chi connectivity index (χ1) is 13.0. The summed E-state index contributed by atoms with van der Waals surface area (Å²) in [6, 6.07) is 7.79. The maximum Gasteiger partial charge on any atom is 0.150 e. The first-order valence-electron chi connectivity index (χ1n) is 7.31. The second kappa shape index (κ2) is 12.8. The molecule has 0 spiro atoms. The molecule has 4 rings (SSSR count). The van der Waals surface area contributed by atoms with E-state index in [2.05, 4.69) is 61.1 Å². The zero-order valence-electron chi connectivity index (χ0n) is 13.6. The highest BCUT2D eigenvalue weighted by atomic mass is 127. The molecule has 0 saturated heterocycles. The molecule has 4 aromatic heterocycles. The van der Waals surface area contributed by atoms with E-state index in [1.54, 1.807) is 40.1 Å². The van der Waals surface area contributed by atoms with Crippen LogP contribution in [0.5, 0.6) is 0 Å². The molecule has 0 aliphatic heterocycles. The van der Waals surface area contributed by atoms with Crippen LogP contribution in [-0.2, 0) is 0 Å². The van der Waals surface area contributed by atoms with Gasteiger partial charge in [0, 0.05) is 31.9 Å². The van der Waals surface area contributed by atoms with Crippen LogP contribution in [0.4, 0.5) is 0 Å². The largest absolute Gasteiger partial charge is 0.384 e. The van der Waals surface area contributed by atoms with Crippen molar-refractivity contribution < 1.29 is 9.90 Å². The number of aliphatic hydroxyl groups excluding tert-OH is 1. The molecule has 0 atom stereocenters. The van der Waals surface area contributed by atoms with Gasteiger partial charge in [0.1, 0.15) is 6.10 Å². The number of carbonyl (C=O) groups excluding carboxylic acids is 1. The van der Waals surface area contributed by atoms with Gasteiger partial charge in [-0.3, -0.25) is 4.79 Å². The molecule has 0 aromatic carbocycles. The van der Waals surface area contributed by atoms with Gasteiger partial charge < -0.3 is 5.11 Å². The molecular formula is C18H13BrI2O2S4. The van der Waals surface area contributed by atoms with E-state index in [9.17, 15) is 9.90 Å². The lowest BCUT2D eigenvalue weighted by Crippen LogP contribution is -1.99. The van der Waals surface area contributed by atoms with Gasteiger partial charge >= 0.3 is 0 Å². The number of halogens is 3. The molecule has 9 heteroatoms. The van der Waals surface area contributed by atoms with Gasteiger partial charge in [-0.25, -0.2) is 0 Å². The van der Waals surface area contributed by atoms with Crippen molar-refractivity contribution in [3.8, 4) is 0 Å². The second-order valence-corrected chi connectivity index (χ2v) is 12.7. The van der Waals surface area contributed by atoms with Crippen molar-refractivity contribution in [1.82, 2.24) is 0 Å². The van der Waals surface area contributed by atoms with Crippen LogP contribution in [-0.4, -0.2) is 11.4 Å². The third kappa shape index (κ3) is 7.96. The Morgan fingerprint density at radius 3 is 1.70 bits per heavy atom. The van der Waals surface area contributed by atoms with Gasteiger partial charge in [0.2, 0.25) is 0 Å². The third-order valence-corrected chi connectivity index (χ3v) is 9.43. The minimum Gasteiger partial charge on any atom is -0.384 e. The minimum atomic E-state index is -0.466. The molecule has 4 aromatic rings. The quantitative estimate of drug-likeness (QED) is 0.171. The zero-order chi connectivity index (χ0) is 19.6. The summed E-state index contributed by atoms with van der Waals surface area (Å²) in [7, 11) is 0. The van der Waals surface area contributed by atoms with E-state index in [-0.39, 0.29) is 0 Å². The lowest BCUT2D eigenvalue weighted by atomic mass is 10.1. The first-order valence-corrected chi connectivity index (χ1v) is 13.9. The highest BCUT2D eigenvalue weighted by Gasteiger charge is 2.17. The number of hydrogen-bond donors (Lipinski definition) is 1. The van der Waals surface area contributed by atoms with Crippen molar-refractivity contribution in [2.75, 3.05) is 0 Å². The summed E-state index contributed by atoms with van der Waals surface area (Å²) in [5.41, 5.74) is 2.81. The normalized spacial score (nSPS) is 9.96. The lowest BCUT2D eigenvalue weighted by molar-refractivity contribution is 0.112. The highest BCUT2D eigenvalue weighted by Crippen LogP contribution is 2.33. The smallest absolute Gasteiger partial charge is 0.150 e. The summed E-state index contributed by atoms with van der Waals surface area (Å²) >= 11 is 14.4. The molecule has 2 nitrogen and oxygen atoms in total. The molecule has 1 N–H and O–H groups in total. The van der Waals surface area contributed by atoms with Gasteiger partial charge in [0.05, 0.1) is 5.77 Å². The van der Waals surface area contributed by atoms with E-state index in [1.165, 1.54) is 15.8 Å². The van der Waals surface area contributed by atoms with E-state index >= 15 is 0 Å². The van der Waals surface area contributed by atoms with E-state index in [0.717, 1.165) is 28.7 Å². The summed E-state index contributed by atoms with van der Waals surface area (Å²) in [5, 5.41) is 21.9. The number of hydrogen-bond acceptors (Lipinski definition) is 6. The summed E-state index contributed by atoms with van der Waals surface area (Å²) in [6.07, 6.45) is 0.377. The fraction of sp³-hybridized carbons (Fsp3) is 0.0556. The average molecular weight is 723 g/mol. The molecule has 0 bridgehead atoms. The minimum absolute atomic E-state index is 0.466. The Labute approximate surface area is 209 Å². The van der Waals surface area contributed by atoms with Crippen molar-refractivity contribution >= 4 is 113 Å². The second-order valence-electron chi connectivity index (χ2n) is 4.82. The standard InChI is InChI=1S/C9H6I2OS2.C5H4OS.C4H3BrS/c10-8-5(1-3-13-8)7(12)6-2-4-14-9(6)11;6-3-5-1-2-7-4-5;5-4-1-2-6-3-4/h1-4,7,12H;1-4H;1-3H. The fourth-order valence-electron chi connectivity index (χ4n) is 1.76. The first kappa shape index (κ1) is 23.6. The van der Waals surface area contributed by atoms with Crippen molar-refractivity contribution in [1.29, 1.82) is 0 Å². The monoisotopic (exact) mass is 722 g/mol. The molecule has 142 valence electrons. The van der Waals surface area contributed by atoms with Crippen LogP contribution in [0.3, 0.4) is 0 Å².